The first kappa shape index (κ1) is 10.5. The zero-order chi connectivity index (χ0) is 10.1. The van der Waals surface area contributed by atoms with E-state index in [0.29, 0.717) is 0 Å². The number of nitrogens with one attached hydrogen (secondary N) is 1. The molecular weight excluding hydrogens is 170 g/mol. The van der Waals surface area contributed by atoms with Crippen LogP contribution in [0.1, 0.15) is 52.9 Å². The average molecular weight is 195 g/mol. The zero-order valence-corrected chi connectivity index (χ0v) is 9.92. The Bertz CT molecular complexity index is 180. The van der Waals surface area contributed by atoms with Crippen LogP contribution in [0.4, 0.5) is 0 Å². The fourth-order valence-corrected chi connectivity index (χ4v) is 3.16. The molecule has 0 aromatic carbocycles. The van der Waals surface area contributed by atoms with Gasteiger partial charge in [0.15, 0.2) is 0 Å². The highest BCUT2D eigenvalue weighted by molar-refractivity contribution is 4.96. The van der Waals surface area contributed by atoms with Crippen LogP contribution in [-0.4, -0.2) is 12.1 Å². The van der Waals surface area contributed by atoms with Crippen molar-refractivity contribution in [3.63, 3.8) is 0 Å². The predicted molar refractivity (Wildman–Crippen MR) is 61.3 cm³/mol. The van der Waals surface area contributed by atoms with Crippen molar-refractivity contribution in [1.29, 1.82) is 0 Å². The van der Waals surface area contributed by atoms with Gasteiger partial charge in [-0.15, -0.1) is 0 Å². The third-order valence-corrected chi connectivity index (χ3v) is 4.40. The fourth-order valence-electron chi connectivity index (χ4n) is 3.16. The van der Waals surface area contributed by atoms with Crippen molar-refractivity contribution in [2.24, 2.45) is 17.8 Å². The zero-order valence-electron chi connectivity index (χ0n) is 9.92. The van der Waals surface area contributed by atoms with Crippen molar-refractivity contribution in [2.45, 2.75) is 65.0 Å². The molecular formula is C13H25N. The molecule has 0 heterocycles. The third kappa shape index (κ3) is 2.13. The topological polar surface area (TPSA) is 12.0 Å². The molecule has 2 aliphatic rings. The molecule has 0 saturated heterocycles. The Morgan fingerprint density at radius 3 is 2.29 bits per heavy atom. The van der Waals surface area contributed by atoms with Gasteiger partial charge in [-0.25, -0.2) is 0 Å². The smallest absolute Gasteiger partial charge is 0.0121 e. The Balaban J connectivity index is 1.83. The summed E-state index contributed by atoms with van der Waals surface area (Å²) < 4.78 is 0. The summed E-state index contributed by atoms with van der Waals surface area (Å²) >= 11 is 0. The van der Waals surface area contributed by atoms with E-state index >= 15 is 0 Å². The molecule has 0 spiro atoms. The molecule has 2 rings (SSSR count). The molecule has 14 heavy (non-hydrogen) atoms. The Kier molecular flexibility index (Phi) is 3.16. The minimum atomic E-state index is 0.810. The van der Waals surface area contributed by atoms with Crippen LogP contribution in [0.5, 0.6) is 0 Å². The van der Waals surface area contributed by atoms with E-state index in [-0.39, 0.29) is 0 Å². The van der Waals surface area contributed by atoms with Gasteiger partial charge in [0.2, 0.25) is 0 Å². The van der Waals surface area contributed by atoms with E-state index in [1.165, 1.54) is 32.1 Å². The molecule has 1 N–H and O–H groups in total. The van der Waals surface area contributed by atoms with Crippen LogP contribution < -0.4 is 5.32 Å². The van der Waals surface area contributed by atoms with Gasteiger partial charge in [-0.1, -0.05) is 33.6 Å². The van der Waals surface area contributed by atoms with Crippen molar-refractivity contribution < 1.29 is 0 Å². The quantitative estimate of drug-likeness (QED) is 0.729. The van der Waals surface area contributed by atoms with E-state index in [1.807, 2.05) is 0 Å². The van der Waals surface area contributed by atoms with E-state index < -0.39 is 0 Å². The summed E-state index contributed by atoms with van der Waals surface area (Å²) in [4.78, 5) is 0. The summed E-state index contributed by atoms with van der Waals surface area (Å²) in [6.45, 7) is 7.17. The lowest BCUT2D eigenvalue weighted by molar-refractivity contribution is 0.205. The van der Waals surface area contributed by atoms with Gasteiger partial charge in [0, 0.05) is 12.1 Å². The Hall–Kier alpha value is -0.0400. The van der Waals surface area contributed by atoms with Crippen molar-refractivity contribution in [2.75, 3.05) is 0 Å². The molecule has 2 saturated carbocycles. The maximum Gasteiger partial charge on any atom is 0.0121 e. The van der Waals surface area contributed by atoms with E-state index in [1.54, 1.807) is 0 Å². The largest absolute Gasteiger partial charge is 0.310 e. The monoisotopic (exact) mass is 195 g/mol. The molecule has 0 aromatic heterocycles. The fraction of sp³-hybridized carbons (Fsp3) is 1.00. The second kappa shape index (κ2) is 4.22. The van der Waals surface area contributed by atoms with Gasteiger partial charge in [0.1, 0.15) is 0 Å². The lowest BCUT2D eigenvalue weighted by atomic mass is 9.78. The summed E-state index contributed by atoms with van der Waals surface area (Å²) in [6.07, 6.45) is 7.12. The van der Waals surface area contributed by atoms with Crippen LogP contribution in [-0.2, 0) is 0 Å². The highest BCUT2D eigenvalue weighted by atomic mass is 15.0. The summed E-state index contributed by atoms with van der Waals surface area (Å²) in [6, 6.07) is 1.68. The molecule has 1 heteroatoms. The standard InChI is InChI=1S/C13H25N/c1-4-11-8-12(11)14-13-9(2)6-5-7-10(13)3/h9-14H,4-8H2,1-3H3. The molecule has 4 unspecified atom stereocenters. The Labute approximate surface area is 88.7 Å². The van der Waals surface area contributed by atoms with Crippen molar-refractivity contribution >= 4 is 0 Å². The summed E-state index contributed by atoms with van der Waals surface area (Å²) in [5.74, 6) is 2.80. The summed E-state index contributed by atoms with van der Waals surface area (Å²) in [5, 5.41) is 3.89. The lowest BCUT2D eigenvalue weighted by Crippen LogP contribution is -2.44. The van der Waals surface area contributed by atoms with Gasteiger partial charge in [-0.05, 0) is 37.0 Å². The van der Waals surface area contributed by atoms with Crippen molar-refractivity contribution in [1.82, 2.24) is 5.32 Å². The average Bonchev–Trinajstić information content (AvgIpc) is 2.90. The molecule has 2 fully saturated rings. The van der Waals surface area contributed by atoms with Crippen LogP contribution in [0, 0.1) is 17.8 Å². The Morgan fingerprint density at radius 1 is 1.14 bits per heavy atom. The summed E-state index contributed by atoms with van der Waals surface area (Å²) in [7, 11) is 0. The van der Waals surface area contributed by atoms with Gasteiger partial charge in [-0.2, -0.15) is 0 Å². The minimum absolute atomic E-state index is 0.810. The molecule has 82 valence electrons. The first-order chi connectivity index (χ1) is 6.72. The maximum absolute atomic E-state index is 3.89. The molecule has 1 nitrogen and oxygen atoms in total. The lowest BCUT2D eigenvalue weighted by Gasteiger charge is -2.35. The Morgan fingerprint density at radius 2 is 1.79 bits per heavy atom. The minimum Gasteiger partial charge on any atom is -0.310 e. The molecule has 0 bridgehead atoms. The normalized spacial score (nSPS) is 47.8. The molecule has 0 aliphatic heterocycles. The number of hydrogen-bond acceptors (Lipinski definition) is 1. The third-order valence-electron chi connectivity index (χ3n) is 4.40. The molecule has 0 amide bonds. The maximum atomic E-state index is 3.89. The molecule has 0 radical (unpaired) electrons. The number of rotatable bonds is 3. The van der Waals surface area contributed by atoms with Gasteiger partial charge in [-0.3, -0.25) is 0 Å². The molecule has 4 atom stereocenters. The summed E-state index contributed by atoms with van der Waals surface area (Å²) in [5.41, 5.74) is 0. The van der Waals surface area contributed by atoms with Crippen molar-refractivity contribution in [3.8, 4) is 0 Å². The van der Waals surface area contributed by atoms with Crippen molar-refractivity contribution in [3.05, 3.63) is 0 Å². The van der Waals surface area contributed by atoms with E-state index in [2.05, 4.69) is 26.1 Å². The van der Waals surface area contributed by atoms with Crippen LogP contribution in [0.2, 0.25) is 0 Å². The molecule has 0 aromatic rings. The number of hydrogen-bond donors (Lipinski definition) is 1. The van der Waals surface area contributed by atoms with Gasteiger partial charge in [0.25, 0.3) is 0 Å². The van der Waals surface area contributed by atoms with Crippen LogP contribution in [0.3, 0.4) is 0 Å². The second-order valence-electron chi connectivity index (χ2n) is 5.59. The first-order valence-electron chi connectivity index (χ1n) is 6.48. The molecule has 2 aliphatic carbocycles. The highest BCUT2D eigenvalue weighted by Crippen LogP contribution is 2.37. The van der Waals surface area contributed by atoms with Crippen LogP contribution in [0.25, 0.3) is 0 Å². The van der Waals surface area contributed by atoms with Crippen LogP contribution in [0.15, 0.2) is 0 Å². The predicted octanol–water partition coefficient (Wildman–Crippen LogP) is 3.20. The van der Waals surface area contributed by atoms with E-state index in [4.69, 9.17) is 0 Å². The van der Waals surface area contributed by atoms with Gasteiger partial charge < -0.3 is 5.32 Å². The van der Waals surface area contributed by atoms with Gasteiger partial charge >= 0.3 is 0 Å². The second-order valence-corrected chi connectivity index (χ2v) is 5.59. The van der Waals surface area contributed by atoms with E-state index in [0.717, 1.165) is 29.8 Å². The van der Waals surface area contributed by atoms with E-state index in [9.17, 15) is 0 Å². The highest BCUT2D eigenvalue weighted by Gasteiger charge is 2.39. The van der Waals surface area contributed by atoms with Crippen LogP contribution >= 0.6 is 0 Å². The first-order valence-corrected chi connectivity index (χ1v) is 6.48. The van der Waals surface area contributed by atoms with Gasteiger partial charge in [0.05, 0.1) is 0 Å². The SMILES string of the molecule is CCC1CC1NC1C(C)CCCC1C.